The molecule has 0 saturated carbocycles. The minimum absolute atomic E-state index is 0.0194. The predicted octanol–water partition coefficient (Wildman–Crippen LogP) is 2.18. The molecule has 7 nitrogen and oxygen atoms in total. The van der Waals surface area contributed by atoms with Crippen LogP contribution in [0.4, 0.5) is 19.3 Å². The molecule has 0 unspecified atom stereocenters. The number of carbonyl (C=O) groups excluding carboxylic acids is 1. The summed E-state index contributed by atoms with van der Waals surface area (Å²) in [7, 11) is 3.23. The Morgan fingerprint density at radius 2 is 2.19 bits per heavy atom. The smallest absolute Gasteiger partial charge is 0.319 e. The number of anilines is 1. The molecule has 0 atom stereocenters. The Kier molecular flexibility index (Phi) is 4.56. The third-order valence-electron chi connectivity index (χ3n) is 2.74. The highest BCUT2D eigenvalue weighted by atomic mass is 79.9. The van der Waals surface area contributed by atoms with Gasteiger partial charge in [0.2, 0.25) is 0 Å². The van der Waals surface area contributed by atoms with Crippen molar-refractivity contribution in [2.24, 2.45) is 14.1 Å². The first kappa shape index (κ1) is 15.4. The van der Waals surface area contributed by atoms with Crippen LogP contribution in [0.2, 0.25) is 0 Å². The summed E-state index contributed by atoms with van der Waals surface area (Å²) in [6, 6.07) is -0.599. The van der Waals surface area contributed by atoms with Gasteiger partial charge in [-0.25, -0.2) is 13.6 Å². The lowest BCUT2D eigenvalue weighted by atomic mass is 10.4. The number of nitrogens with one attached hydrogen (secondary N) is 2. The lowest BCUT2D eigenvalue weighted by Gasteiger charge is -2.08. The average molecular weight is 363 g/mol. The Balaban J connectivity index is 1.99. The summed E-state index contributed by atoms with van der Waals surface area (Å²) in [6.45, 7) is 0.202. The van der Waals surface area contributed by atoms with E-state index in [1.807, 2.05) is 0 Å². The number of hydrogen-bond acceptors (Lipinski definition) is 3. The molecule has 0 spiro atoms. The van der Waals surface area contributed by atoms with Gasteiger partial charge < -0.3 is 10.6 Å². The summed E-state index contributed by atoms with van der Waals surface area (Å²) in [5, 5.41) is 12.5. The lowest BCUT2D eigenvalue weighted by molar-refractivity contribution is 0.146. The van der Waals surface area contributed by atoms with Gasteiger partial charge >= 0.3 is 6.03 Å². The highest BCUT2D eigenvalue weighted by Crippen LogP contribution is 2.24. The third-order valence-corrected chi connectivity index (χ3v) is 3.40. The maximum Gasteiger partial charge on any atom is 0.319 e. The highest BCUT2D eigenvalue weighted by molar-refractivity contribution is 9.10. The number of aryl methyl sites for hydroxylation is 2. The van der Waals surface area contributed by atoms with Crippen LogP contribution in [0, 0.1) is 0 Å². The van der Waals surface area contributed by atoms with Crippen LogP contribution in [0.3, 0.4) is 0 Å². The van der Waals surface area contributed by atoms with Crippen molar-refractivity contribution in [2.45, 2.75) is 13.0 Å². The van der Waals surface area contributed by atoms with E-state index < -0.39 is 18.2 Å². The molecule has 114 valence electrons. The molecule has 2 aromatic rings. The lowest BCUT2D eigenvalue weighted by Crippen LogP contribution is -2.29. The van der Waals surface area contributed by atoms with Crippen molar-refractivity contribution >= 4 is 27.6 Å². The van der Waals surface area contributed by atoms with E-state index in [2.05, 4.69) is 36.8 Å². The second-order valence-corrected chi connectivity index (χ2v) is 5.13. The number of halogens is 3. The molecule has 0 aliphatic carbocycles. The molecule has 2 rings (SSSR count). The van der Waals surface area contributed by atoms with Gasteiger partial charge in [-0.3, -0.25) is 9.36 Å². The van der Waals surface area contributed by atoms with E-state index in [0.29, 0.717) is 0 Å². The van der Waals surface area contributed by atoms with Gasteiger partial charge in [-0.2, -0.15) is 10.2 Å². The Morgan fingerprint density at radius 1 is 1.48 bits per heavy atom. The van der Waals surface area contributed by atoms with Crippen LogP contribution in [-0.2, 0) is 20.6 Å². The molecule has 0 bridgehead atoms. The van der Waals surface area contributed by atoms with E-state index >= 15 is 0 Å². The standard InChI is InChI=1S/C11H13BrF2N6O/c1-19-5-7(9(18-19)10(13)14)17-11(21)15-4-8-6(12)3-16-20(8)2/h3,5,10H,4H2,1-2H3,(H2,15,17,21). The molecule has 0 aliphatic heterocycles. The number of amides is 2. The second kappa shape index (κ2) is 6.20. The van der Waals surface area contributed by atoms with Gasteiger partial charge in [-0.15, -0.1) is 0 Å². The number of urea groups is 1. The first-order valence-electron chi connectivity index (χ1n) is 5.91. The topological polar surface area (TPSA) is 76.8 Å². The van der Waals surface area contributed by atoms with Gasteiger partial charge in [-0.05, 0) is 15.9 Å². The summed E-state index contributed by atoms with van der Waals surface area (Å²) in [6.07, 6.45) is 0.166. The summed E-state index contributed by atoms with van der Waals surface area (Å²) in [4.78, 5) is 11.8. The van der Waals surface area contributed by atoms with Gasteiger partial charge in [0.25, 0.3) is 6.43 Å². The maximum absolute atomic E-state index is 12.7. The monoisotopic (exact) mass is 362 g/mol. The molecule has 2 amide bonds. The van der Waals surface area contributed by atoms with Gasteiger partial charge in [0.05, 0.1) is 28.6 Å². The van der Waals surface area contributed by atoms with E-state index in [-0.39, 0.29) is 12.2 Å². The summed E-state index contributed by atoms with van der Waals surface area (Å²) in [5.74, 6) is 0. The molecule has 10 heteroatoms. The number of carbonyl (C=O) groups is 1. The van der Waals surface area contributed by atoms with Crippen LogP contribution >= 0.6 is 15.9 Å². The normalized spacial score (nSPS) is 11.0. The van der Waals surface area contributed by atoms with Crippen LogP contribution in [0.1, 0.15) is 17.8 Å². The number of nitrogens with zero attached hydrogens (tertiary/aromatic N) is 4. The SMILES string of the molecule is Cn1cc(NC(=O)NCc2c(Br)cnn2C)c(C(F)F)n1. The zero-order valence-electron chi connectivity index (χ0n) is 11.3. The highest BCUT2D eigenvalue weighted by Gasteiger charge is 2.19. The fraction of sp³-hybridized carbons (Fsp3) is 0.364. The molecular weight excluding hydrogens is 350 g/mol. The quantitative estimate of drug-likeness (QED) is 0.874. The molecule has 0 radical (unpaired) electrons. The molecule has 0 aliphatic rings. The predicted molar refractivity (Wildman–Crippen MR) is 74.9 cm³/mol. The molecular formula is C11H13BrF2N6O. The van der Waals surface area contributed by atoms with Crippen molar-refractivity contribution < 1.29 is 13.6 Å². The van der Waals surface area contributed by atoms with E-state index in [4.69, 9.17) is 0 Å². The first-order chi connectivity index (χ1) is 9.88. The summed E-state index contributed by atoms with van der Waals surface area (Å²) >= 11 is 3.30. The van der Waals surface area contributed by atoms with Gasteiger partial charge in [0, 0.05) is 20.3 Å². The van der Waals surface area contributed by atoms with E-state index in [1.54, 1.807) is 17.9 Å². The van der Waals surface area contributed by atoms with E-state index in [0.717, 1.165) is 10.2 Å². The maximum atomic E-state index is 12.7. The van der Waals surface area contributed by atoms with Crippen molar-refractivity contribution in [3.05, 3.63) is 28.3 Å². The molecule has 2 aromatic heterocycles. The largest absolute Gasteiger partial charge is 0.332 e. The van der Waals surface area contributed by atoms with Gasteiger partial charge in [-0.1, -0.05) is 0 Å². The molecule has 0 aromatic carbocycles. The molecule has 0 fully saturated rings. The minimum atomic E-state index is -2.76. The molecule has 2 heterocycles. The molecule has 2 N–H and O–H groups in total. The Morgan fingerprint density at radius 3 is 2.76 bits per heavy atom. The zero-order chi connectivity index (χ0) is 15.6. The Bertz CT molecular complexity index is 634. The van der Waals surface area contributed by atoms with Crippen molar-refractivity contribution in [3.8, 4) is 0 Å². The number of rotatable bonds is 4. The van der Waals surface area contributed by atoms with Crippen molar-refractivity contribution in [2.75, 3.05) is 5.32 Å². The fourth-order valence-corrected chi connectivity index (χ4v) is 2.22. The van der Waals surface area contributed by atoms with Crippen molar-refractivity contribution in [3.63, 3.8) is 0 Å². The number of hydrogen-bond donors (Lipinski definition) is 2. The molecule has 0 saturated heterocycles. The van der Waals surface area contributed by atoms with Crippen LogP contribution in [-0.4, -0.2) is 25.6 Å². The van der Waals surface area contributed by atoms with Gasteiger partial charge in [0.1, 0.15) is 0 Å². The minimum Gasteiger partial charge on any atom is -0.332 e. The number of alkyl halides is 2. The fourth-order valence-electron chi connectivity index (χ4n) is 1.73. The van der Waals surface area contributed by atoms with Crippen molar-refractivity contribution in [1.82, 2.24) is 24.9 Å². The van der Waals surface area contributed by atoms with Crippen LogP contribution in [0.5, 0.6) is 0 Å². The van der Waals surface area contributed by atoms with E-state index in [9.17, 15) is 13.6 Å². The van der Waals surface area contributed by atoms with Crippen molar-refractivity contribution in [1.29, 1.82) is 0 Å². The molecule has 21 heavy (non-hydrogen) atoms. The van der Waals surface area contributed by atoms with Crippen LogP contribution < -0.4 is 10.6 Å². The Labute approximate surface area is 127 Å². The Hall–Kier alpha value is -1.97. The number of aromatic nitrogens is 4. The van der Waals surface area contributed by atoms with Crippen LogP contribution in [0.15, 0.2) is 16.9 Å². The van der Waals surface area contributed by atoms with E-state index in [1.165, 1.54) is 17.9 Å². The van der Waals surface area contributed by atoms with Gasteiger partial charge in [0.15, 0.2) is 5.69 Å². The summed E-state index contributed by atoms with van der Waals surface area (Å²) < 4.78 is 29.0. The third kappa shape index (κ3) is 3.57. The second-order valence-electron chi connectivity index (χ2n) is 4.27. The average Bonchev–Trinajstić information content (AvgIpc) is 2.91. The zero-order valence-corrected chi connectivity index (χ0v) is 12.9. The van der Waals surface area contributed by atoms with Crippen LogP contribution in [0.25, 0.3) is 0 Å². The summed E-state index contributed by atoms with van der Waals surface area (Å²) in [5.41, 5.74) is 0.272. The first-order valence-corrected chi connectivity index (χ1v) is 6.70.